The Kier molecular flexibility index (Phi) is 2.32. The van der Waals surface area contributed by atoms with Crippen molar-refractivity contribution < 1.29 is 4.42 Å². The fourth-order valence-corrected chi connectivity index (χ4v) is 1.46. The molecule has 1 aliphatic carbocycles. The first-order valence-electron chi connectivity index (χ1n) is 4.06. The third-order valence-electron chi connectivity index (χ3n) is 1.69. The van der Waals surface area contributed by atoms with Gasteiger partial charge in [0.1, 0.15) is 0 Å². The van der Waals surface area contributed by atoms with E-state index < -0.39 is 0 Å². The van der Waals surface area contributed by atoms with Gasteiger partial charge in [0, 0.05) is 18.2 Å². The lowest BCUT2D eigenvalue weighted by molar-refractivity contribution is 0.414. The van der Waals surface area contributed by atoms with Gasteiger partial charge in [-0.3, -0.25) is 0 Å². The molecule has 0 amide bonds. The molecule has 1 saturated carbocycles. The van der Waals surface area contributed by atoms with Crippen LogP contribution < -0.4 is 5.73 Å². The Morgan fingerprint density at radius 1 is 1.50 bits per heavy atom. The highest BCUT2D eigenvalue weighted by Crippen LogP contribution is 2.39. The fraction of sp³-hybridized carbons (Fsp3) is 0.714. The number of nitrogens with zero attached hydrogens (tertiary/aromatic N) is 2. The van der Waals surface area contributed by atoms with E-state index in [1.807, 2.05) is 0 Å². The van der Waals surface area contributed by atoms with E-state index in [1.165, 1.54) is 24.6 Å². The van der Waals surface area contributed by atoms with E-state index >= 15 is 0 Å². The van der Waals surface area contributed by atoms with Crippen molar-refractivity contribution >= 4 is 11.8 Å². The van der Waals surface area contributed by atoms with E-state index in [9.17, 15) is 0 Å². The minimum atomic E-state index is 0.546. The minimum absolute atomic E-state index is 0.546. The molecular formula is C7H11N3OS. The van der Waals surface area contributed by atoms with Gasteiger partial charge in [0.25, 0.3) is 5.22 Å². The summed E-state index contributed by atoms with van der Waals surface area (Å²) in [5, 5.41) is 8.51. The summed E-state index contributed by atoms with van der Waals surface area (Å²) in [7, 11) is 0. The Morgan fingerprint density at radius 2 is 2.33 bits per heavy atom. The summed E-state index contributed by atoms with van der Waals surface area (Å²) in [4.78, 5) is 0. The fourth-order valence-electron chi connectivity index (χ4n) is 0.920. The van der Waals surface area contributed by atoms with Gasteiger partial charge in [-0.1, -0.05) is 11.8 Å². The van der Waals surface area contributed by atoms with E-state index in [-0.39, 0.29) is 0 Å². The average Bonchev–Trinajstić information content (AvgIpc) is 2.83. The van der Waals surface area contributed by atoms with Crippen LogP contribution in [0.3, 0.4) is 0 Å². The molecule has 1 aromatic heterocycles. The van der Waals surface area contributed by atoms with Gasteiger partial charge in [-0.05, 0) is 12.8 Å². The molecule has 4 nitrogen and oxygen atoms in total. The summed E-state index contributed by atoms with van der Waals surface area (Å²) in [5.41, 5.74) is 5.34. The molecule has 2 N–H and O–H groups in total. The number of aromatic nitrogens is 2. The molecule has 0 radical (unpaired) electrons. The molecule has 2 rings (SSSR count). The van der Waals surface area contributed by atoms with Crippen molar-refractivity contribution in [2.24, 2.45) is 5.73 Å². The van der Waals surface area contributed by atoms with Crippen LogP contribution in [0.25, 0.3) is 0 Å². The van der Waals surface area contributed by atoms with Crippen LogP contribution in [0.5, 0.6) is 0 Å². The second kappa shape index (κ2) is 3.45. The molecule has 1 heterocycles. The van der Waals surface area contributed by atoms with Gasteiger partial charge < -0.3 is 10.2 Å². The van der Waals surface area contributed by atoms with E-state index in [4.69, 9.17) is 10.2 Å². The zero-order chi connectivity index (χ0) is 8.39. The molecule has 0 aromatic carbocycles. The first-order valence-corrected chi connectivity index (χ1v) is 5.05. The van der Waals surface area contributed by atoms with Gasteiger partial charge in [-0.25, -0.2) is 0 Å². The first-order chi connectivity index (χ1) is 5.90. The van der Waals surface area contributed by atoms with Crippen LogP contribution in [0.15, 0.2) is 9.64 Å². The third-order valence-corrected chi connectivity index (χ3v) is 2.54. The van der Waals surface area contributed by atoms with Gasteiger partial charge >= 0.3 is 0 Å². The smallest absolute Gasteiger partial charge is 0.276 e. The standard InChI is InChI=1S/C7H11N3OS/c8-3-4-12-7-10-9-6(11-7)5-1-2-5/h5H,1-4,8H2. The van der Waals surface area contributed by atoms with Crippen LogP contribution in [0.2, 0.25) is 0 Å². The minimum Gasteiger partial charge on any atom is -0.416 e. The maximum atomic E-state index is 5.39. The molecule has 0 spiro atoms. The summed E-state index contributed by atoms with van der Waals surface area (Å²) in [6.07, 6.45) is 2.40. The summed E-state index contributed by atoms with van der Waals surface area (Å²) < 4.78 is 5.39. The molecule has 0 unspecified atom stereocenters. The van der Waals surface area contributed by atoms with Crippen molar-refractivity contribution in [2.45, 2.75) is 24.0 Å². The Balaban J connectivity index is 1.93. The lowest BCUT2D eigenvalue weighted by Gasteiger charge is -1.89. The Bertz CT molecular complexity index is 259. The van der Waals surface area contributed by atoms with Gasteiger partial charge in [0.2, 0.25) is 5.89 Å². The molecule has 0 atom stereocenters. The molecule has 0 bridgehead atoms. The Morgan fingerprint density at radius 3 is 3.00 bits per heavy atom. The Hall–Kier alpha value is -0.550. The average molecular weight is 185 g/mol. The quantitative estimate of drug-likeness (QED) is 0.709. The summed E-state index contributed by atoms with van der Waals surface area (Å²) in [6, 6.07) is 0. The SMILES string of the molecule is NCCSc1nnc(C2CC2)o1. The lowest BCUT2D eigenvalue weighted by Crippen LogP contribution is -2.00. The molecule has 5 heteroatoms. The van der Waals surface area contributed by atoms with Crippen LogP contribution in [0.1, 0.15) is 24.7 Å². The molecule has 66 valence electrons. The largest absolute Gasteiger partial charge is 0.416 e. The molecule has 1 aromatic rings. The topological polar surface area (TPSA) is 64.9 Å². The van der Waals surface area contributed by atoms with Gasteiger partial charge in [-0.15, -0.1) is 10.2 Å². The van der Waals surface area contributed by atoms with Crippen molar-refractivity contribution in [3.05, 3.63) is 5.89 Å². The molecule has 12 heavy (non-hydrogen) atoms. The van der Waals surface area contributed by atoms with Crippen molar-refractivity contribution in [2.75, 3.05) is 12.3 Å². The monoisotopic (exact) mass is 185 g/mol. The number of hydrogen-bond donors (Lipinski definition) is 1. The van der Waals surface area contributed by atoms with Gasteiger partial charge in [0.15, 0.2) is 0 Å². The summed E-state index contributed by atoms with van der Waals surface area (Å²) >= 11 is 1.52. The molecule has 1 fully saturated rings. The first kappa shape index (κ1) is 8.07. The molecule has 0 saturated heterocycles. The van der Waals surface area contributed by atoms with Crippen molar-refractivity contribution in [1.29, 1.82) is 0 Å². The van der Waals surface area contributed by atoms with Crippen molar-refractivity contribution in [1.82, 2.24) is 10.2 Å². The zero-order valence-corrected chi connectivity index (χ0v) is 7.51. The van der Waals surface area contributed by atoms with Crippen LogP contribution in [0.4, 0.5) is 0 Å². The van der Waals surface area contributed by atoms with E-state index in [0.29, 0.717) is 17.7 Å². The second-order valence-corrected chi connectivity index (χ2v) is 3.86. The van der Waals surface area contributed by atoms with Crippen molar-refractivity contribution in [3.63, 3.8) is 0 Å². The highest BCUT2D eigenvalue weighted by molar-refractivity contribution is 7.99. The van der Waals surface area contributed by atoms with Gasteiger partial charge in [-0.2, -0.15) is 0 Å². The summed E-state index contributed by atoms with van der Waals surface area (Å²) in [6.45, 7) is 0.645. The predicted molar refractivity (Wildman–Crippen MR) is 46.1 cm³/mol. The van der Waals surface area contributed by atoms with Crippen LogP contribution in [0, 0.1) is 0 Å². The molecule has 1 aliphatic rings. The van der Waals surface area contributed by atoms with E-state index in [2.05, 4.69) is 10.2 Å². The molecule has 0 aliphatic heterocycles. The third kappa shape index (κ3) is 1.78. The highest BCUT2D eigenvalue weighted by atomic mass is 32.2. The van der Waals surface area contributed by atoms with Crippen LogP contribution in [-0.4, -0.2) is 22.5 Å². The zero-order valence-electron chi connectivity index (χ0n) is 6.69. The van der Waals surface area contributed by atoms with E-state index in [0.717, 1.165) is 11.6 Å². The molecular weight excluding hydrogens is 174 g/mol. The van der Waals surface area contributed by atoms with Crippen LogP contribution >= 0.6 is 11.8 Å². The maximum Gasteiger partial charge on any atom is 0.276 e. The number of hydrogen-bond acceptors (Lipinski definition) is 5. The van der Waals surface area contributed by atoms with Gasteiger partial charge in [0.05, 0.1) is 0 Å². The maximum absolute atomic E-state index is 5.39. The van der Waals surface area contributed by atoms with Crippen molar-refractivity contribution in [3.8, 4) is 0 Å². The second-order valence-electron chi connectivity index (χ2n) is 2.82. The van der Waals surface area contributed by atoms with E-state index in [1.54, 1.807) is 0 Å². The summed E-state index contributed by atoms with van der Waals surface area (Å²) in [5.74, 6) is 2.19. The lowest BCUT2D eigenvalue weighted by atomic mass is 10.4. The normalized spacial score (nSPS) is 16.8. The predicted octanol–water partition coefficient (Wildman–Crippen LogP) is 0.998. The number of rotatable bonds is 4. The highest BCUT2D eigenvalue weighted by Gasteiger charge is 2.29. The Labute approximate surface area is 74.9 Å². The number of nitrogens with two attached hydrogens (primary N) is 1. The van der Waals surface area contributed by atoms with Crippen LogP contribution in [-0.2, 0) is 0 Å². The number of thioether (sulfide) groups is 1.